The fourth-order valence-corrected chi connectivity index (χ4v) is 0.727. The van der Waals surface area contributed by atoms with E-state index in [-0.39, 0.29) is 11.7 Å². The maximum atomic E-state index is 12.5. The van der Waals surface area contributed by atoms with Crippen molar-refractivity contribution in [2.45, 2.75) is 19.4 Å². The van der Waals surface area contributed by atoms with Crippen LogP contribution in [0.25, 0.3) is 0 Å². The van der Waals surface area contributed by atoms with Crippen molar-refractivity contribution in [2.24, 2.45) is 5.73 Å². The number of anilines is 1. The Morgan fingerprint density at radius 3 is 2.64 bits per heavy atom. The summed E-state index contributed by atoms with van der Waals surface area (Å²) in [5.74, 6) is -0.526. The summed E-state index contributed by atoms with van der Waals surface area (Å²) < 4.78 is 12.5. The maximum Gasteiger partial charge on any atom is 0.245 e. The van der Waals surface area contributed by atoms with Gasteiger partial charge in [-0.2, -0.15) is 0 Å². The van der Waals surface area contributed by atoms with E-state index in [0.717, 1.165) is 6.20 Å². The van der Waals surface area contributed by atoms with Crippen molar-refractivity contribution in [3.05, 3.63) is 24.1 Å². The number of nitrogens with two attached hydrogens (primary N) is 1. The predicted molar refractivity (Wildman–Crippen MR) is 51.1 cm³/mol. The molecule has 14 heavy (non-hydrogen) atoms. The Bertz CT molecular complexity index is 329. The number of carbonyl (C=O) groups is 1. The van der Waals surface area contributed by atoms with Gasteiger partial charge in [0.25, 0.3) is 0 Å². The van der Waals surface area contributed by atoms with Crippen LogP contribution in [0.2, 0.25) is 0 Å². The van der Waals surface area contributed by atoms with Gasteiger partial charge in [-0.05, 0) is 26.0 Å². The highest BCUT2D eigenvalue weighted by Gasteiger charge is 2.21. The second-order valence-corrected chi connectivity index (χ2v) is 3.54. The van der Waals surface area contributed by atoms with E-state index in [0.29, 0.717) is 0 Å². The second kappa shape index (κ2) is 3.71. The Labute approximate surface area is 81.3 Å². The third-order valence-corrected chi connectivity index (χ3v) is 1.55. The van der Waals surface area contributed by atoms with Gasteiger partial charge in [0, 0.05) is 0 Å². The van der Waals surface area contributed by atoms with E-state index in [1.54, 1.807) is 13.8 Å². The average molecular weight is 197 g/mol. The fourth-order valence-electron chi connectivity index (χ4n) is 0.727. The second-order valence-electron chi connectivity index (χ2n) is 3.54. The van der Waals surface area contributed by atoms with Crippen LogP contribution in [0.4, 0.5) is 10.2 Å². The number of hydrogen-bond acceptors (Lipinski definition) is 3. The van der Waals surface area contributed by atoms with Gasteiger partial charge in [-0.3, -0.25) is 4.79 Å². The minimum Gasteiger partial charge on any atom is -0.318 e. The summed E-state index contributed by atoms with van der Waals surface area (Å²) in [5.41, 5.74) is 4.57. The summed E-state index contributed by atoms with van der Waals surface area (Å²) in [5, 5.41) is 2.47. The molecule has 0 aliphatic heterocycles. The van der Waals surface area contributed by atoms with Gasteiger partial charge in [0.1, 0.15) is 11.6 Å². The Hall–Kier alpha value is -1.49. The SMILES string of the molecule is CC(C)(N)C(=O)Nc1ccc(F)cn1. The minimum atomic E-state index is -0.976. The number of nitrogens with one attached hydrogen (secondary N) is 1. The van der Waals surface area contributed by atoms with Crippen LogP contribution in [-0.4, -0.2) is 16.4 Å². The number of rotatable bonds is 2. The van der Waals surface area contributed by atoms with Crippen LogP contribution in [0, 0.1) is 5.82 Å². The molecule has 1 amide bonds. The highest BCUT2D eigenvalue weighted by atomic mass is 19.1. The van der Waals surface area contributed by atoms with E-state index in [9.17, 15) is 9.18 Å². The molecule has 0 fully saturated rings. The van der Waals surface area contributed by atoms with Crippen molar-refractivity contribution in [1.82, 2.24) is 4.98 Å². The van der Waals surface area contributed by atoms with E-state index < -0.39 is 11.4 Å². The molecule has 0 aromatic carbocycles. The summed E-state index contributed by atoms with van der Waals surface area (Å²) in [4.78, 5) is 15.0. The van der Waals surface area contributed by atoms with E-state index in [1.807, 2.05) is 0 Å². The lowest BCUT2D eigenvalue weighted by atomic mass is 10.1. The van der Waals surface area contributed by atoms with E-state index in [2.05, 4.69) is 10.3 Å². The molecule has 5 heteroatoms. The lowest BCUT2D eigenvalue weighted by Gasteiger charge is -2.16. The van der Waals surface area contributed by atoms with Crippen molar-refractivity contribution in [3.63, 3.8) is 0 Å². The quantitative estimate of drug-likeness (QED) is 0.740. The van der Waals surface area contributed by atoms with E-state index >= 15 is 0 Å². The molecule has 1 aromatic heterocycles. The number of nitrogens with zero attached hydrogens (tertiary/aromatic N) is 1. The smallest absolute Gasteiger partial charge is 0.245 e. The van der Waals surface area contributed by atoms with Crippen molar-refractivity contribution in [2.75, 3.05) is 5.32 Å². The number of aromatic nitrogens is 1. The number of carbonyl (C=O) groups excluding carboxylic acids is 1. The molecule has 0 unspecified atom stereocenters. The van der Waals surface area contributed by atoms with Crippen molar-refractivity contribution >= 4 is 11.7 Å². The molecule has 0 radical (unpaired) electrons. The first-order valence-corrected chi connectivity index (χ1v) is 4.11. The summed E-state index contributed by atoms with van der Waals surface area (Å²) in [6, 6.07) is 2.59. The van der Waals surface area contributed by atoms with Crippen LogP contribution in [0.5, 0.6) is 0 Å². The zero-order valence-corrected chi connectivity index (χ0v) is 8.04. The number of halogens is 1. The monoisotopic (exact) mass is 197 g/mol. The molecule has 3 N–H and O–H groups in total. The van der Waals surface area contributed by atoms with E-state index in [1.165, 1.54) is 12.1 Å². The largest absolute Gasteiger partial charge is 0.318 e. The van der Waals surface area contributed by atoms with Crippen molar-refractivity contribution in [1.29, 1.82) is 0 Å². The fraction of sp³-hybridized carbons (Fsp3) is 0.333. The molecule has 0 saturated carbocycles. The molecule has 76 valence electrons. The van der Waals surface area contributed by atoms with Crippen LogP contribution in [0.1, 0.15) is 13.8 Å². The molecule has 0 aliphatic rings. The first-order valence-electron chi connectivity index (χ1n) is 4.11. The summed E-state index contributed by atoms with van der Waals surface area (Å²) in [6.07, 6.45) is 1.03. The zero-order chi connectivity index (χ0) is 10.8. The third kappa shape index (κ3) is 2.77. The number of hydrogen-bond donors (Lipinski definition) is 2. The Balaban J connectivity index is 2.71. The van der Waals surface area contributed by atoms with Gasteiger partial charge in [0.2, 0.25) is 5.91 Å². The van der Waals surface area contributed by atoms with Crippen LogP contribution in [0.3, 0.4) is 0 Å². The molecule has 0 bridgehead atoms. The van der Waals surface area contributed by atoms with Crippen LogP contribution >= 0.6 is 0 Å². The molecule has 0 atom stereocenters. The maximum absolute atomic E-state index is 12.5. The molecule has 4 nitrogen and oxygen atoms in total. The van der Waals surface area contributed by atoms with Gasteiger partial charge in [-0.25, -0.2) is 9.37 Å². The number of pyridine rings is 1. The summed E-state index contributed by atoms with van der Waals surface area (Å²) in [6.45, 7) is 3.15. The normalized spacial score (nSPS) is 11.1. The van der Waals surface area contributed by atoms with Crippen LogP contribution in [-0.2, 0) is 4.79 Å². The Morgan fingerprint density at radius 2 is 2.21 bits per heavy atom. The van der Waals surface area contributed by atoms with Gasteiger partial charge >= 0.3 is 0 Å². The van der Waals surface area contributed by atoms with Crippen molar-refractivity contribution in [3.8, 4) is 0 Å². The van der Waals surface area contributed by atoms with Crippen LogP contribution < -0.4 is 11.1 Å². The van der Waals surface area contributed by atoms with Gasteiger partial charge < -0.3 is 11.1 Å². The topological polar surface area (TPSA) is 68.0 Å². The molecule has 1 rings (SSSR count). The predicted octanol–water partition coefficient (Wildman–Crippen LogP) is 0.896. The summed E-state index contributed by atoms with van der Waals surface area (Å²) in [7, 11) is 0. The minimum absolute atomic E-state index is 0.287. The molecule has 0 spiro atoms. The van der Waals surface area contributed by atoms with Gasteiger partial charge in [-0.15, -0.1) is 0 Å². The lowest BCUT2D eigenvalue weighted by molar-refractivity contribution is -0.120. The molecule has 0 aliphatic carbocycles. The third-order valence-electron chi connectivity index (χ3n) is 1.55. The molecule has 1 heterocycles. The highest BCUT2D eigenvalue weighted by Crippen LogP contribution is 2.06. The van der Waals surface area contributed by atoms with Crippen LogP contribution in [0.15, 0.2) is 18.3 Å². The lowest BCUT2D eigenvalue weighted by Crippen LogP contribution is -2.45. The summed E-state index contributed by atoms with van der Waals surface area (Å²) >= 11 is 0. The van der Waals surface area contributed by atoms with Gasteiger partial charge in [0.15, 0.2) is 0 Å². The molecular weight excluding hydrogens is 185 g/mol. The van der Waals surface area contributed by atoms with Gasteiger partial charge in [-0.1, -0.05) is 0 Å². The highest BCUT2D eigenvalue weighted by molar-refractivity contribution is 5.96. The van der Waals surface area contributed by atoms with Crippen molar-refractivity contribution < 1.29 is 9.18 Å². The Morgan fingerprint density at radius 1 is 1.57 bits per heavy atom. The van der Waals surface area contributed by atoms with E-state index in [4.69, 9.17) is 5.73 Å². The average Bonchev–Trinajstić information content (AvgIpc) is 2.07. The van der Waals surface area contributed by atoms with Gasteiger partial charge in [0.05, 0.1) is 11.7 Å². The first kappa shape index (κ1) is 10.6. The number of amides is 1. The molecular formula is C9H12FN3O. The standard InChI is InChI=1S/C9H12FN3O/c1-9(2,11)8(14)13-7-4-3-6(10)5-12-7/h3-5H,11H2,1-2H3,(H,12,13,14). The Kier molecular flexibility index (Phi) is 2.81. The molecule has 1 aromatic rings. The zero-order valence-electron chi connectivity index (χ0n) is 8.04. The molecule has 0 saturated heterocycles. The first-order chi connectivity index (χ1) is 6.39.